The van der Waals surface area contributed by atoms with Crippen LogP contribution in [0, 0.1) is 0 Å². The van der Waals surface area contributed by atoms with Gasteiger partial charge in [0.15, 0.2) is 9.84 Å². The number of carbonyl (C=O) groups excluding carboxylic acids is 1. The standard InChI is InChI=1S/C17H19NO7S2/c1-24-16-9-8-14(27(18,22)23)12-15(16)17(19)25-10-5-11-26(20,21)13-6-3-2-4-7-13/h2-4,6-9,12H,5,10-11H2,1H3,(H2,18,22,23). The van der Waals surface area contributed by atoms with Gasteiger partial charge < -0.3 is 9.47 Å². The minimum atomic E-state index is -4.00. The van der Waals surface area contributed by atoms with E-state index in [1.54, 1.807) is 18.2 Å². The van der Waals surface area contributed by atoms with Gasteiger partial charge in [-0.1, -0.05) is 18.2 Å². The van der Waals surface area contributed by atoms with Crippen molar-refractivity contribution < 1.29 is 31.1 Å². The molecule has 0 fully saturated rings. The van der Waals surface area contributed by atoms with E-state index in [-0.39, 0.29) is 39.9 Å². The highest BCUT2D eigenvalue weighted by atomic mass is 32.2. The number of sulfonamides is 1. The number of nitrogens with two attached hydrogens (primary N) is 1. The lowest BCUT2D eigenvalue weighted by molar-refractivity contribution is 0.0501. The van der Waals surface area contributed by atoms with Crippen molar-refractivity contribution in [2.45, 2.75) is 16.2 Å². The van der Waals surface area contributed by atoms with Gasteiger partial charge in [-0.05, 0) is 36.8 Å². The minimum Gasteiger partial charge on any atom is -0.496 e. The molecule has 0 unspecified atom stereocenters. The van der Waals surface area contributed by atoms with E-state index >= 15 is 0 Å². The molecule has 8 nitrogen and oxygen atoms in total. The molecule has 0 amide bonds. The zero-order valence-corrected chi connectivity index (χ0v) is 16.1. The smallest absolute Gasteiger partial charge is 0.341 e. The lowest BCUT2D eigenvalue weighted by atomic mass is 10.2. The molecule has 0 aliphatic heterocycles. The van der Waals surface area contributed by atoms with Gasteiger partial charge in [0.05, 0.1) is 29.3 Å². The van der Waals surface area contributed by atoms with Crippen molar-refractivity contribution in [2.75, 3.05) is 19.5 Å². The van der Waals surface area contributed by atoms with Crippen molar-refractivity contribution in [1.29, 1.82) is 0 Å². The summed E-state index contributed by atoms with van der Waals surface area (Å²) in [6, 6.07) is 11.5. The van der Waals surface area contributed by atoms with Gasteiger partial charge in [0.25, 0.3) is 0 Å². The fourth-order valence-electron chi connectivity index (χ4n) is 2.26. The second-order valence-corrected chi connectivity index (χ2v) is 9.20. The zero-order valence-electron chi connectivity index (χ0n) is 14.5. The first-order chi connectivity index (χ1) is 12.6. The molecule has 146 valence electrons. The first kappa shape index (κ1) is 20.9. The number of hydrogen-bond acceptors (Lipinski definition) is 7. The van der Waals surface area contributed by atoms with Crippen LogP contribution in [0.15, 0.2) is 58.3 Å². The van der Waals surface area contributed by atoms with Gasteiger partial charge >= 0.3 is 5.97 Å². The van der Waals surface area contributed by atoms with Crippen molar-refractivity contribution in [2.24, 2.45) is 5.14 Å². The summed E-state index contributed by atoms with van der Waals surface area (Å²) in [7, 11) is -6.16. The predicted molar refractivity (Wildman–Crippen MR) is 97.8 cm³/mol. The topological polar surface area (TPSA) is 130 Å². The van der Waals surface area contributed by atoms with Crippen LogP contribution in [0.1, 0.15) is 16.8 Å². The summed E-state index contributed by atoms with van der Waals surface area (Å²) >= 11 is 0. The summed E-state index contributed by atoms with van der Waals surface area (Å²) in [6.07, 6.45) is 0.0835. The van der Waals surface area contributed by atoms with Gasteiger partial charge in [-0.15, -0.1) is 0 Å². The summed E-state index contributed by atoms with van der Waals surface area (Å²) in [5, 5.41) is 5.05. The number of sulfone groups is 1. The first-order valence-electron chi connectivity index (χ1n) is 7.81. The molecule has 2 aromatic rings. The highest BCUT2D eigenvalue weighted by molar-refractivity contribution is 7.91. The van der Waals surface area contributed by atoms with E-state index in [1.165, 1.54) is 31.4 Å². The molecule has 0 radical (unpaired) electrons. The van der Waals surface area contributed by atoms with Crippen LogP contribution >= 0.6 is 0 Å². The fourth-order valence-corrected chi connectivity index (χ4v) is 4.11. The Balaban J connectivity index is 2.02. The molecular formula is C17H19NO7S2. The highest BCUT2D eigenvalue weighted by Gasteiger charge is 2.19. The number of carbonyl (C=O) groups is 1. The Morgan fingerprint density at radius 3 is 2.26 bits per heavy atom. The number of hydrogen-bond donors (Lipinski definition) is 1. The lowest BCUT2D eigenvalue weighted by Crippen LogP contribution is -2.15. The third-order valence-corrected chi connectivity index (χ3v) is 6.34. The van der Waals surface area contributed by atoms with Gasteiger partial charge in [-0.2, -0.15) is 0 Å². The Kier molecular flexibility index (Phi) is 6.58. The van der Waals surface area contributed by atoms with Crippen molar-refractivity contribution in [3.05, 3.63) is 54.1 Å². The molecule has 0 heterocycles. The molecular weight excluding hydrogens is 394 g/mol. The maximum atomic E-state index is 12.2. The van der Waals surface area contributed by atoms with Crippen molar-refractivity contribution in [1.82, 2.24) is 0 Å². The van der Waals surface area contributed by atoms with Crippen LogP contribution in [0.25, 0.3) is 0 Å². The van der Waals surface area contributed by atoms with Crippen molar-refractivity contribution in [3.8, 4) is 5.75 Å². The first-order valence-corrected chi connectivity index (χ1v) is 11.0. The van der Waals surface area contributed by atoms with Crippen molar-refractivity contribution in [3.63, 3.8) is 0 Å². The van der Waals surface area contributed by atoms with E-state index in [4.69, 9.17) is 14.6 Å². The molecule has 2 N–H and O–H groups in total. The molecule has 0 saturated heterocycles. The number of methoxy groups -OCH3 is 1. The SMILES string of the molecule is COc1ccc(S(N)(=O)=O)cc1C(=O)OCCCS(=O)(=O)c1ccccc1. The Morgan fingerprint density at radius 2 is 1.67 bits per heavy atom. The summed E-state index contributed by atoms with van der Waals surface area (Å²) < 4.78 is 57.3. The van der Waals surface area contributed by atoms with Crippen molar-refractivity contribution >= 4 is 25.8 Å². The largest absolute Gasteiger partial charge is 0.496 e. The molecule has 2 rings (SSSR count). The van der Waals surface area contributed by atoms with Crippen LogP contribution < -0.4 is 9.88 Å². The van der Waals surface area contributed by atoms with Gasteiger partial charge in [0.1, 0.15) is 11.3 Å². The molecule has 0 aliphatic rings. The fraction of sp³-hybridized carbons (Fsp3) is 0.235. The Bertz CT molecular complexity index is 1020. The summed E-state index contributed by atoms with van der Waals surface area (Å²) in [6.45, 7) is -0.159. The number of rotatable bonds is 8. The average Bonchev–Trinajstić information content (AvgIpc) is 2.64. The summed E-state index contributed by atoms with van der Waals surface area (Å²) in [5.74, 6) is -0.919. The molecule has 2 aromatic carbocycles. The monoisotopic (exact) mass is 413 g/mol. The zero-order chi connectivity index (χ0) is 20.1. The van der Waals surface area contributed by atoms with E-state index < -0.39 is 25.8 Å². The molecule has 0 spiro atoms. The average molecular weight is 413 g/mol. The second kappa shape index (κ2) is 8.51. The van der Waals surface area contributed by atoms with Gasteiger partial charge in [0.2, 0.25) is 10.0 Å². The quantitative estimate of drug-likeness (QED) is 0.511. The molecule has 0 atom stereocenters. The molecule has 0 aromatic heterocycles. The Morgan fingerprint density at radius 1 is 1.00 bits per heavy atom. The van der Waals surface area contributed by atoms with Crippen LogP contribution in [0.5, 0.6) is 5.75 Å². The van der Waals surface area contributed by atoms with Gasteiger partial charge in [-0.25, -0.2) is 26.8 Å². The highest BCUT2D eigenvalue weighted by Crippen LogP contribution is 2.23. The molecule has 10 heteroatoms. The second-order valence-electron chi connectivity index (χ2n) is 5.53. The van der Waals surface area contributed by atoms with Crippen LogP contribution in [-0.2, 0) is 24.6 Å². The van der Waals surface area contributed by atoms with E-state index in [0.29, 0.717) is 0 Å². The third kappa shape index (κ3) is 5.52. The maximum Gasteiger partial charge on any atom is 0.341 e. The van der Waals surface area contributed by atoms with E-state index in [2.05, 4.69) is 0 Å². The number of esters is 1. The maximum absolute atomic E-state index is 12.2. The number of primary sulfonamides is 1. The normalized spacial score (nSPS) is 11.8. The lowest BCUT2D eigenvalue weighted by Gasteiger charge is -2.10. The molecule has 27 heavy (non-hydrogen) atoms. The van der Waals surface area contributed by atoms with E-state index in [1.807, 2.05) is 0 Å². The predicted octanol–water partition coefficient (Wildman–Crippen LogP) is 1.36. The molecule has 0 saturated carbocycles. The molecule has 0 aliphatic carbocycles. The van der Waals surface area contributed by atoms with Crippen LogP contribution in [0.3, 0.4) is 0 Å². The van der Waals surface area contributed by atoms with Gasteiger partial charge in [-0.3, -0.25) is 0 Å². The van der Waals surface area contributed by atoms with Crippen LogP contribution in [-0.4, -0.2) is 42.3 Å². The number of benzene rings is 2. The number of ether oxygens (including phenoxy) is 2. The van der Waals surface area contributed by atoms with E-state index in [9.17, 15) is 21.6 Å². The van der Waals surface area contributed by atoms with E-state index in [0.717, 1.165) is 6.07 Å². The Hall–Kier alpha value is -2.43. The summed E-state index contributed by atoms with van der Waals surface area (Å²) in [4.78, 5) is 12.1. The molecule has 0 bridgehead atoms. The third-order valence-electron chi connectivity index (χ3n) is 3.61. The van der Waals surface area contributed by atoms with Gasteiger partial charge in [0, 0.05) is 0 Å². The van der Waals surface area contributed by atoms with Crippen LogP contribution in [0.4, 0.5) is 0 Å². The minimum absolute atomic E-state index is 0.0835. The van der Waals surface area contributed by atoms with Crippen LogP contribution in [0.2, 0.25) is 0 Å². The Labute approximate surface area is 157 Å². The summed E-state index contributed by atoms with van der Waals surface area (Å²) in [5.41, 5.74) is -0.116.